The molecule has 0 amide bonds. The predicted octanol–water partition coefficient (Wildman–Crippen LogP) is 3.56. The van der Waals surface area contributed by atoms with Crippen molar-refractivity contribution in [1.29, 1.82) is 0 Å². The molecule has 3 aliphatic carbocycles. The fourth-order valence-corrected chi connectivity index (χ4v) is 5.72. The van der Waals surface area contributed by atoms with E-state index in [9.17, 15) is 15.0 Å². The number of hydrogen-bond donors (Lipinski definition) is 3. The lowest BCUT2D eigenvalue weighted by atomic mass is 9.82. The summed E-state index contributed by atoms with van der Waals surface area (Å²) < 4.78 is 0. The highest BCUT2D eigenvalue weighted by Gasteiger charge is 2.52. The van der Waals surface area contributed by atoms with Crippen LogP contribution in [0.25, 0.3) is 0 Å². The highest BCUT2D eigenvalue weighted by atomic mass is 16.3. The molecule has 0 spiro atoms. The van der Waals surface area contributed by atoms with Gasteiger partial charge in [0.05, 0.1) is 12.1 Å². The number of rotatable bonds is 6. The van der Waals surface area contributed by atoms with Crippen LogP contribution < -0.4 is 5.32 Å². The van der Waals surface area contributed by atoms with Gasteiger partial charge in [0.25, 0.3) is 0 Å². The summed E-state index contributed by atoms with van der Waals surface area (Å²) in [7, 11) is 0. The van der Waals surface area contributed by atoms with Gasteiger partial charge in [0, 0.05) is 12.1 Å². The SMILES string of the molecule is CC(N/C=C/C(=O)C1CC2C3CCC(C3)C2C1)C(O)c1ccc(O)cc1. The largest absolute Gasteiger partial charge is 0.508 e. The normalized spacial score (nSPS) is 34.8. The quantitative estimate of drug-likeness (QED) is 0.683. The Labute approximate surface area is 155 Å². The number of nitrogens with one attached hydrogen (secondary N) is 1. The Balaban J connectivity index is 1.28. The molecular formula is C22H29NO3. The molecule has 3 saturated carbocycles. The third-order valence-corrected chi connectivity index (χ3v) is 7.11. The number of aromatic hydroxyl groups is 1. The molecule has 0 aliphatic heterocycles. The molecule has 4 nitrogen and oxygen atoms in total. The minimum absolute atomic E-state index is 0.182. The van der Waals surface area contributed by atoms with Crippen LogP contribution in [0.4, 0.5) is 0 Å². The van der Waals surface area contributed by atoms with Gasteiger partial charge in [0.1, 0.15) is 5.75 Å². The molecule has 4 rings (SSSR count). The molecule has 0 aromatic heterocycles. The van der Waals surface area contributed by atoms with Crippen LogP contribution in [0.2, 0.25) is 0 Å². The van der Waals surface area contributed by atoms with Gasteiger partial charge in [-0.15, -0.1) is 0 Å². The van der Waals surface area contributed by atoms with Crippen LogP contribution >= 0.6 is 0 Å². The number of aliphatic hydroxyl groups is 1. The maximum atomic E-state index is 12.6. The van der Waals surface area contributed by atoms with Gasteiger partial charge in [-0.25, -0.2) is 0 Å². The van der Waals surface area contributed by atoms with Gasteiger partial charge in [0.15, 0.2) is 5.78 Å². The first-order valence-electron chi connectivity index (χ1n) is 9.96. The molecule has 26 heavy (non-hydrogen) atoms. The molecule has 3 N–H and O–H groups in total. The number of phenolic OH excluding ortho intramolecular Hbond substituents is 1. The number of phenols is 1. The van der Waals surface area contributed by atoms with Crippen LogP contribution in [0, 0.1) is 29.6 Å². The molecule has 1 aromatic rings. The molecule has 0 radical (unpaired) electrons. The van der Waals surface area contributed by atoms with Gasteiger partial charge in [-0.2, -0.15) is 0 Å². The number of fused-ring (bicyclic) bond motifs is 5. The lowest BCUT2D eigenvalue weighted by Gasteiger charge is -2.23. The van der Waals surface area contributed by atoms with Crippen LogP contribution in [0.5, 0.6) is 5.75 Å². The van der Waals surface area contributed by atoms with E-state index in [4.69, 9.17) is 0 Å². The number of ketones is 1. The first-order chi connectivity index (χ1) is 12.5. The van der Waals surface area contributed by atoms with Gasteiger partial charge in [-0.1, -0.05) is 12.1 Å². The van der Waals surface area contributed by atoms with Gasteiger partial charge in [-0.05, 0) is 86.5 Å². The van der Waals surface area contributed by atoms with Crippen molar-refractivity contribution in [1.82, 2.24) is 5.32 Å². The van der Waals surface area contributed by atoms with E-state index in [0.29, 0.717) is 0 Å². The average Bonchev–Trinajstić information content (AvgIpc) is 3.34. The zero-order valence-electron chi connectivity index (χ0n) is 15.3. The van der Waals surface area contributed by atoms with Crippen LogP contribution in [0.1, 0.15) is 50.7 Å². The van der Waals surface area contributed by atoms with Crippen LogP contribution in [-0.2, 0) is 4.79 Å². The number of carbonyl (C=O) groups is 1. The van der Waals surface area contributed by atoms with Gasteiger partial charge < -0.3 is 15.5 Å². The summed E-state index contributed by atoms with van der Waals surface area (Å²) in [6, 6.07) is 6.32. The summed E-state index contributed by atoms with van der Waals surface area (Å²) >= 11 is 0. The summed E-state index contributed by atoms with van der Waals surface area (Å²) in [5.74, 6) is 4.01. The average molecular weight is 355 g/mol. The Morgan fingerprint density at radius 2 is 1.73 bits per heavy atom. The highest BCUT2D eigenvalue weighted by molar-refractivity contribution is 5.91. The number of benzene rings is 1. The molecule has 6 unspecified atom stereocenters. The first kappa shape index (κ1) is 17.6. The predicted molar refractivity (Wildman–Crippen MR) is 100 cm³/mol. The Bertz CT molecular complexity index is 665. The Morgan fingerprint density at radius 3 is 2.35 bits per heavy atom. The lowest BCUT2D eigenvalue weighted by Crippen LogP contribution is -2.28. The van der Waals surface area contributed by atoms with E-state index in [1.54, 1.807) is 36.5 Å². The van der Waals surface area contributed by atoms with E-state index in [1.807, 2.05) is 6.92 Å². The van der Waals surface area contributed by atoms with Crippen molar-refractivity contribution in [3.05, 3.63) is 42.1 Å². The molecule has 2 bridgehead atoms. The molecule has 0 heterocycles. The Morgan fingerprint density at radius 1 is 1.12 bits per heavy atom. The number of hydrogen-bond acceptors (Lipinski definition) is 4. The number of carbonyl (C=O) groups excluding carboxylic acids is 1. The van der Waals surface area contributed by atoms with Crippen LogP contribution in [0.3, 0.4) is 0 Å². The van der Waals surface area contributed by atoms with E-state index in [-0.39, 0.29) is 23.5 Å². The van der Waals surface area contributed by atoms with Crippen molar-refractivity contribution in [3.63, 3.8) is 0 Å². The molecular weight excluding hydrogens is 326 g/mol. The van der Waals surface area contributed by atoms with Crippen molar-refractivity contribution in [2.75, 3.05) is 0 Å². The Kier molecular flexibility index (Phi) is 4.78. The van der Waals surface area contributed by atoms with E-state index in [2.05, 4.69) is 5.32 Å². The second-order valence-electron chi connectivity index (χ2n) is 8.56. The third-order valence-electron chi connectivity index (χ3n) is 7.11. The second-order valence-corrected chi connectivity index (χ2v) is 8.56. The summed E-state index contributed by atoms with van der Waals surface area (Å²) in [6.07, 6.45) is 9.01. The summed E-state index contributed by atoms with van der Waals surface area (Å²) in [5, 5.41) is 22.8. The molecule has 6 atom stereocenters. The van der Waals surface area contributed by atoms with Crippen molar-refractivity contribution < 1.29 is 15.0 Å². The minimum Gasteiger partial charge on any atom is -0.508 e. The molecule has 3 aliphatic rings. The topological polar surface area (TPSA) is 69.6 Å². The lowest BCUT2D eigenvalue weighted by molar-refractivity contribution is -0.118. The summed E-state index contributed by atoms with van der Waals surface area (Å²) in [6.45, 7) is 1.88. The summed E-state index contributed by atoms with van der Waals surface area (Å²) in [4.78, 5) is 12.6. The third kappa shape index (κ3) is 3.27. The maximum absolute atomic E-state index is 12.6. The van der Waals surface area contributed by atoms with Gasteiger partial charge in [0.2, 0.25) is 0 Å². The second kappa shape index (κ2) is 7.07. The molecule has 1 aromatic carbocycles. The fourth-order valence-electron chi connectivity index (χ4n) is 5.72. The van der Waals surface area contributed by atoms with Gasteiger partial charge >= 0.3 is 0 Å². The minimum atomic E-state index is -0.697. The van der Waals surface area contributed by atoms with E-state index in [1.165, 1.54) is 19.3 Å². The van der Waals surface area contributed by atoms with Crippen molar-refractivity contribution in [3.8, 4) is 5.75 Å². The smallest absolute Gasteiger partial charge is 0.160 e. The molecule has 140 valence electrons. The van der Waals surface area contributed by atoms with Crippen molar-refractivity contribution in [2.45, 2.75) is 51.2 Å². The molecule has 0 saturated heterocycles. The monoisotopic (exact) mass is 355 g/mol. The Hall–Kier alpha value is -1.81. The zero-order valence-corrected chi connectivity index (χ0v) is 15.3. The maximum Gasteiger partial charge on any atom is 0.160 e. The van der Waals surface area contributed by atoms with Crippen molar-refractivity contribution in [2.24, 2.45) is 29.6 Å². The number of allylic oxidation sites excluding steroid dienone is 1. The standard InChI is InChI=1S/C22H29NO3/c1-13(22(26)14-4-6-18(24)7-5-14)23-9-8-21(25)17-11-19-15-2-3-16(10-15)20(19)12-17/h4-9,13,15-17,19-20,22-24,26H,2-3,10-12H2,1H3/b9-8+. The van der Waals surface area contributed by atoms with E-state index < -0.39 is 6.10 Å². The number of aliphatic hydroxyl groups excluding tert-OH is 1. The zero-order chi connectivity index (χ0) is 18.3. The van der Waals surface area contributed by atoms with E-state index >= 15 is 0 Å². The first-order valence-corrected chi connectivity index (χ1v) is 9.96. The fraction of sp³-hybridized carbons (Fsp3) is 0.591. The highest BCUT2D eigenvalue weighted by Crippen LogP contribution is 2.60. The van der Waals surface area contributed by atoms with E-state index in [0.717, 1.165) is 42.1 Å². The molecule has 4 heteroatoms. The van der Waals surface area contributed by atoms with Crippen molar-refractivity contribution >= 4 is 5.78 Å². The summed E-state index contributed by atoms with van der Waals surface area (Å²) in [5.41, 5.74) is 0.738. The van der Waals surface area contributed by atoms with Crippen LogP contribution in [0.15, 0.2) is 36.5 Å². The van der Waals surface area contributed by atoms with Crippen LogP contribution in [-0.4, -0.2) is 22.0 Å². The van der Waals surface area contributed by atoms with Gasteiger partial charge in [-0.3, -0.25) is 4.79 Å². The molecule has 3 fully saturated rings.